The van der Waals surface area contributed by atoms with Crippen molar-refractivity contribution < 1.29 is 18.7 Å². The fourth-order valence-corrected chi connectivity index (χ4v) is 2.13. The van der Waals surface area contributed by atoms with Gasteiger partial charge in [0.25, 0.3) is 0 Å². The summed E-state index contributed by atoms with van der Waals surface area (Å²) >= 11 is 0. The average Bonchev–Trinajstić information content (AvgIpc) is 2.94. The summed E-state index contributed by atoms with van der Waals surface area (Å²) in [6.45, 7) is 0.553. The summed E-state index contributed by atoms with van der Waals surface area (Å²) in [4.78, 5) is 23.3. The van der Waals surface area contributed by atoms with E-state index in [2.05, 4.69) is 5.32 Å². The molecule has 6 heteroatoms. The lowest BCUT2D eigenvalue weighted by molar-refractivity contribution is -0.133. The number of benzene rings is 1. The Labute approximate surface area is 116 Å². The van der Waals surface area contributed by atoms with Gasteiger partial charge in [-0.15, -0.1) is 0 Å². The standard InChI is InChI=1S/C14H17FN2O3/c15-10-5-3-9(4-6-10)8-11(13(16)18)17-14(19)12-2-1-7-20-12/h3-6,11-12H,1-2,7-8H2,(H2,16,18)(H,17,19)/t11-,12-/m0/s1. The maximum absolute atomic E-state index is 12.8. The van der Waals surface area contributed by atoms with Crippen LogP contribution in [0.2, 0.25) is 0 Å². The van der Waals surface area contributed by atoms with Gasteiger partial charge in [-0.2, -0.15) is 0 Å². The summed E-state index contributed by atoms with van der Waals surface area (Å²) in [6.07, 6.45) is 1.20. The van der Waals surface area contributed by atoms with E-state index in [1.54, 1.807) is 12.1 Å². The van der Waals surface area contributed by atoms with Gasteiger partial charge in [0, 0.05) is 13.0 Å². The Hall–Kier alpha value is -1.95. The van der Waals surface area contributed by atoms with Crippen molar-refractivity contribution in [1.29, 1.82) is 0 Å². The van der Waals surface area contributed by atoms with Crippen molar-refractivity contribution in [3.63, 3.8) is 0 Å². The molecule has 2 rings (SSSR count). The highest BCUT2D eigenvalue weighted by Crippen LogP contribution is 2.13. The molecule has 20 heavy (non-hydrogen) atoms. The van der Waals surface area contributed by atoms with E-state index in [1.807, 2.05) is 0 Å². The first kappa shape index (κ1) is 14.5. The molecule has 0 unspecified atom stereocenters. The largest absolute Gasteiger partial charge is 0.368 e. The minimum Gasteiger partial charge on any atom is -0.368 e. The third-order valence-electron chi connectivity index (χ3n) is 3.24. The Morgan fingerprint density at radius 1 is 1.40 bits per heavy atom. The van der Waals surface area contributed by atoms with Crippen molar-refractivity contribution in [3.05, 3.63) is 35.6 Å². The Kier molecular flexibility index (Phi) is 4.68. The monoisotopic (exact) mass is 280 g/mol. The van der Waals surface area contributed by atoms with E-state index in [1.165, 1.54) is 12.1 Å². The second-order valence-corrected chi connectivity index (χ2v) is 4.80. The first-order valence-corrected chi connectivity index (χ1v) is 6.52. The number of carbonyl (C=O) groups is 2. The maximum atomic E-state index is 12.8. The second kappa shape index (κ2) is 6.47. The van der Waals surface area contributed by atoms with Crippen LogP contribution in [0.5, 0.6) is 0 Å². The number of carbonyl (C=O) groups excluding carboxylic acids is 2. The van der Waals surface area contributed by atoms with Gasteiger partial charge in [0.05, 0.1) is 0 Å². The number of hydrogen-bond acceptors (Lipinski definition) is 3. The van der Waals surface area contributed by atoms with Crippen molar-refractivity contribution in [1.82, 2.24) is 5.32 Å². The lowest BCUT2D eigenvalue weighted by atomic mass is 10.0. The van der Waals surface area contributed by atoms with Crippen LogP contribution in [0.1, 0.15) is 18.4 Å². The SMILES string of the molecule is NC(=O)[C@H](Cc1ccc(F)cc1)NC(=O)[C@@H]1CCCO1. The normalized spacial score (nSPS) is 19.6. The molecule has 2 amide bonds. The molecule has 5 nitrogen and oxygen atoms in total. The Balaban J connectivity index is 1.98. The second-order valence-electron chi connectivity index (χ2n) is 4.80. The number of rotatable bonds is 5. The number of nitrogens with one attached hydrogen (secondary N) is 1. The zero-order valence-electron chi connectivity index (χ0n) is 11.0. The Bertz CT molecular complexity index is 484. The van der Waals surface area contributed by atoms with Crippen LogP contribution in [-0.4, -0.2) is 30.6 Å². The number of amides is 2. The fraction of sp³-hybridized carbons (Fsp3) is 0.429. The topological polar surface area (TPSA) is 81.4 Å². The first-order chi connectivity index (χ1) is 9.56. The van der Waals surface area contributed by atoms with E-state index in [9.17, 15) is 14.0 Å². The summed E-state index contributed by atoms with van der Waals surface area (Å²) < 4.78 is 18.1. The van der Waals surface area contributed by atoms with E-state index < -0.39 is 18.1 Å². The molecule has 3 N–H and O–H groups in total. The van der Waals surface area contributed by atoms with Gasteiger partial charge in [-0.25, -0.2) is 4.39 Å². The van der Waals surface area contributed by atoms with Crippen LogP contribution in [0.3, 0.4) is 0 Å². The van der Waals surface area contributed by atoms with Crippen LogP contribution in [0.25, 0.3) is 0 Å². The van der Waals surface area contributed by atoms with Gasteiger partial charge < -0.3 is 15.8 Å². The Morgan fingerprint density at radius 3 is 2.65 bits per heavy atom. The van der Waals surface area contributed by atoms with Crippen LogP contribution in [0.4, 0.5) is 4.39 Å². The molecule has 0 aromatic heterocycles. The number of primary amides is 1. The molecule has 1 saturated heterocycles. The van der Waals surface area contributed by atoms with Crippen LogP contribution in [-0.2, 0) is 20.7 Å². The molecule has 1 aliphatic heterocycles. The van der Waals surface area contributed by atoms with E-state index in [0.29, 0.717) is 13.0 Å². The predicted molar refractivity (Wildman–Crippen MR) is 70.2 cm³/mol. The molecule has 0 bridgehead atoms. The van der Waals surface area contributed by atoms with Gasteiger partial charge in [0.1, 0.15) is 18.0 Å². The van der Waals surface area contributed by atoms with Crippen LogP contribution >= 0.6 is 0 Å². The first-order valence-electron chi connectivity index (χ1n) is 6.52. The summed E-state index contributed by atoms with van der Waals surface area (Å²) in [6, 6.07) is 4.90. The summed E-state index contributed by atoms with van der Waals surface area (Å²) in [5, 5.41) is 2.59. The summed E-state index contributed by atoms with van der Waals surface area (Å²) in [7, 11) is 0. The highest BCUT2D eigenvalue weighted by atomic mass is 19.1. The number of ether oxygens (including phenoxy) is 1. The molecule has 108 valence electrons. The predicted octanol–water partition coefficient (Wildman–Crippen LogP) is 0.517. The van der Waals surface area contributed by atoms with Crippen molar-refractivity contribution in [3.8, 4) is 0 Å². The third kappa shape index (κ3) is 3.77. The lowest BCUT2D eigenvalue weighted by Gasteiger charge is -2.18. The van der Waals surface area contributed by atoms with E-state index in [0.717, 1.165) is 12.0 Å². The maximum Gasteiger partial charge on any atom is 0.249 e. The highest BCUT2D eigenvalue weighted by molar-refractivity contribution is 5.88. The summed E-state index contributed by atoms with van der Waals surface area (Å²) in [5.41, 5.74) is 6.02. The fourth-order valence-electron chi connectivity index (χ4n) is 2.13. The van der Waals surface area contributed by atoms with Gasteiger partial charge in [-0.05, 0) is 30.5 Å². The molecule has 2 atom stereocenters. The zero-order chi connectivity index (χ0) is 14.5. The Morgan fingerprint density at radius 2 is 2.10 bits per heavy atom. The van der Waals surface area contributed by atoms with Crippen molar-refractivity contribution >= 4 is 11.8 Å². The third-order valence-corrected chi connectivity index (χ3v) is 3.24. The van der Waals surface area contributed by atoms with Gasteiger partial charge in [-0.3, -0.25) is 9.59 Å². The number of halogens is 1. The molecule has 1 aromatic carbocycles. The lowest BCUT2D eigenvalue weighted by Crippen LogP contribution is -2.49. The minimum atomic E-state index is -0.822. The minimum absolute atomic E-state index is 0.230. The molecule has 0 saturated carbocycles. The number of hydrogen-bond donors (Lipinski definition) is 2. The molecule has 1 aromatic rings. The van der Waals surface area contributed by atoms with Crippen molar-refractivity contribution in [2.75, 3.05) is 6.61 Å². The zero-order valence-corrected chi connectivity index (χ0v) is 11.0. The van der Waals surface area contributed by atoms with Gasteiger partial charge in [0.2, 0.25) is 11.8 Å². The van der Waals surface area contributed by atoms with E-state index in [-0.39, 0.29) is 18.1 Å². The molecule has 1 aliphatic rings. The number of nitrogens with two attached hydrogens (primary N) is 1. The molecule has 0 radical (unpaired) electrons. The molecule has 0 spiro atoms. The van der Waals surface area contributed by atoms with Gasteiger partial charge in [-0.1, -0.05) is 12.1 Å². The molecule has 1 heterocycles. The van der Waals surface area contributed by atoms with Gasteiger partial charge in [0.15, 0.2) is 0 Å². The molecule has 1 fully saturated rings. The van der Waals surface area contributed by atoms with Crippen LogP contribution < -0.4 is 11.1 Å². The van der Waals surface area contributed by atoms with Crippen LogP contribution in [0.15, 0.2) is 24.3 Å². The molecular formula is C14H17FN2O3. The molecule has 0 aliphatic carbocycles. The summed E-state index contributed by atoms with van der Waals surface area (Å²) in [5.74, 6) is -1.30. The van der Waals surface area contributed by atoms with E-state index in [4.69, 9.17) is 10.5 Å². The van der Waals surface area contributed by atoms with E-state index >= 15 is 0 Å². The van der Waals surface area contributed by atoms with Crippen molar-refractivity contribution in [2.24, 2.45) is 5.73 Å². The average molecular weight is 280 g/mol. The highest BCUT2D eigenvalue weighted by Gasteiger charge is 2.27. The van der Waals surface area contributed by atoms with Crippen LogP contribution in [0, 0.1) is 5.82 Å². The van der Waals surface area contributed by atoms with Crippen molar-refractivity contribution in [2.45, 2.75) is 31.4 Å². The molecular weight excluding hydrogens is 263 g/mol. The smallest absolute Gasteiger partial charge is 0.249 e. The quantitative estimate of drug-likeness (QED) is 0.825. The van der Waals surface area contributed by atoms with Gasteiger partial charge >= 0.3 is 0 Å².